The summed E-state index contributed by atoms with van der Waals surface area (Å²) < 4.78 is 3.18. The molecule has 1 fully saturated rings. The topological polar surface area (TPSA) is 118 Å². The zero-order valence-corrected chi connectivity index (χ0v) is 20.4. The van der Waals surface area contributed by atoms with Crippen molar-refractivity contribution in [2.75, 3.05) is 23.7 Å². The van der Waals surface area contributed by atoms with Crippen molar-refractivity contribution in [3.63, 3.8) is 0 Å². The van der Waals surface area contributed by atoms with Gasteiger partial charge in [-0.05, 0) is 62.3 Å². The molecule has 2 aromatic carbocycles. The summed E-state index contributed by atoms with van der Waals surface area (Å²) in [4.78, 5) is 39.3. The Hall–Kier alpha value is -4.28. The van der Waals surface area contributed by atoms with E-state index in [0.29, 0.717) is 33.5 Å². The predicted octanol–water partition coefficient (Wildman–Crippen LogP) is 3.76. The summed E-state index contributed by atoms with van der Waals surface area (Å²) in [6.07, 6.45) is 6.53. The molecule has 0 atom stereocenters. The SMILES string of the molecule is O=C(Nc1ccc(Nc2ncc3c(=O)n(-c4ccccc4Cl)c4nccn4c3n2)cc1)C1CCNCC1. The Kier molecular flexibility index (Phi) is 6.03. The second kappa shape index (κ2) is 9.64. The summed E-state index contributed by atoms with van der Waals surface area (Å²) in [6, 6.07) is 14.4. The molecule has 10 nitrogen and oxygen atoms in total. The molecule has 1 saturated heterocycles. The van der Waals surface area contributed by atoms with Gasteiger partial charge < -0.3 is 16.0 Å². The van der Waals surface area contributed by atoms with Gasteiger partial charge in [-0.2, -0.15) is 4.98 Å². The van der Waals surface area contributed by atoms with E-state index in [0.717, 1.165) is 37.3 Å². The van der Waals surface area contributed by atoms with Gasteiger partial charge in [0, 0.05) is 35.9 Å². The third kappa shape index (κ3) is 4.41. The molecule has 4 heterocycles. The first-order valence-electron chi connectivity index (χ1n) is 12.0. The van der Waals surface area contributed by atoms with Crippen molar-refractivity contribution in [1.82, 2.24) is 29.2 Å². The Morgan fingerprint density at radius 1 is 1.03 bits per heavy atom. The number of piperidine rings is 1. The molecule has 11 heteroatoms. The Balaban J connectivity index is 1.28. The molecule has 1 aliphatic heterocycles. The maximum atomic E-state index is 13.4. The number of benzene rings is 2. The fraction of sp³-hybridized carbons (Fsp3) is 0.192. The number of hydrogen-bond acceptors (Lipinski definition) is 7. The number of hydrogen-bond donors (Lipinski definition) is 3. The standard InChI is InChI=1S/C26H23ClN8O2/c27-20-3-1-2-4-21(20)35-24(37)19-15-30-25(33-22(19)34-14-13-29-26(34)35)32-18-7-5-17(6-8-18)31-23(36)16-9-11-28-12-10-16/h1-8,13-16,28H,9-12H2,(H,31,36)(H,30,32,33). The van der Waals surface area contributed by atoms with E-state index in [2.05, 4.69) is 30.9 Å². The number of aromatic nitrogens is 5. The molecule has 6 rings (SSSR count). The van der Waals surface area contributed by atoms with Crippen LogP contribution in [0.2, 0.25) is 5.02 Å². The highest BCUT2D eigenvalue weighted by atomic mass is 35.5. The molecule has 0 aliphatic carbocycles. The van der Waals surface area contributed by atoms with E-state index in [4.69, 9.17) is 11.6 Å². The van der Waals surface area contributed by atoms with Crippen LogP contribution in [0.3, 0.4) is 0 Å². The average molecular weight is 515 g/mol. The molecule has 1 aliphatic rings. The van der Waals surface area contributed by atoms with Crippen LogP contribution in [0.4, 0.5) is 17.3 Å². The van der Waals surface area contributed by atoms with Crippen LogP contribution in [0, 0.1) is 5.92 Å². The normalized spacial score (nSPS) is 14.2. The van der Waals surface area contributed by atoms with E-state index in [1.54, 1.807) is 35.0 Å². The Morgan fingerprint density at radius 3 is 2.57 bits per heavy atom. The van der Waals surface area contributed by atoms with Crippen LogP contribution in [0.25, 0.3) is 22.5 Å². The summed E-state index contributed by atoms with van der Waals surface area (Å²) in [6.45, 7) is 1.73. The van der Waals surface area contributed by atoms with E-state index in [1.165, 1.54) is 10.8 Å². The smallest absolute Gasteiger partial charge is 0.270 e. The van der Waals surface area contributed by atoms with Crippen LogP contribution in [0.5, 0.6) is 0 Å². The molecule has 0 saturated carbocycles. The summed E-state index contributed by atoms with van der Waals surface area (Å²) in [5.74, 6) is 0.799. The fourth-order valence-corrected chi connectivity index (χ4v) is 4.77. The number of nitrogens with one attached hydrogen (secondary N) is 3. The molecule has 3 N–H and O–H groups in total. The lowest BCUT2D eigenvalue weighted by molar-refractivity contribution is -0.120. The van der Waals surface area contributed by atoms with Gasteiger partial charge in [-0.25, -0.2) is 14.5 Å². The first kappa shape index (κ1) is 23.1. The monoisotopic (exact) mass is 514 g/mol. The van der Waals surface area contributed by atoms with E-state index in [-0.39, 0.29) is 17.4 Å². The van der Waals surface area contributed by atoms with Gasteiger partial charge in [0.15, 0.2) is 5.65 Å². The second-order valence-electron chi connectivity index (χ2n) is 8.84. The molecule has 0 radical (unpaired) electrons. The van der Waals surface area contributed by atoms with Gasteiger partial charge in [-0.15, -0.1) is 0 Å². The number of anilines is 3. The third-order valence-corrected chi connectivity index (χ3v) is 6.78. The van der Waals surface area contributed by atoms with Crippen LogP contribution in [0.15, 0.2) is 71.9 Å². The summed E-state index contributed by atoms with van der Waals surface area (Å²) in [5, 5.41) is 10.2. The summed E-state index contributed by atoms with van der Waals surface area (Å²) in [7, 11) is 0. The van der Waals surface area contributed by atoms with Gasteiger partial charge >= 0.3 is 0 Å². The molecule has 5 aromatic rings. The lowest BCUT2D eigenvalue weighted by Crippen LogP contribution is -2.34. The van der Waals surface area contributed by atoms with Gasteiger partial charge in [0.05, 0.1) is 10.7 Å². The number of para-hydroxylation sites is 1. The van der Waals surface area contributed by atoms with Crippen LogP contribution in [-0.2, 0) is 4.79 Å². The van der Waals surface area contributed by atoms with Crippen molar-refractivity contribution in [3.8, 4) is 5.69 Å². The first-order valence-corrected chi connectivity index (χ1v) is 12.3. The molecule has 0 spiro atoms. The summed E-state index contributed by atoms with van der Waals surface area (Å²) >= 11 is 6.38. The van der Waals surface area contributed by atoms with Gasteiger partial charge in [-0.1, -0.05) is 23.7 Å². The van der Waals surface area contributed by atoms with Gasteiger partial charge in [-0.3, -0.25) is 14.0 Å². The molecule has 3 aromatic heterocycles. The van der Waals surface area contributed by atoms with E-state index in [1.807, 2.05) is 30.3 Å². The molecule has 0 unspecified atom stereocenters. The zero-order chi connectivity index (χ0) is 25.4. The van der Waals surface area contributed by atoms with Crippen LogP contribution in [0.1, 0.15) is 12.8 Å². The van der Waals surface area contributed by atoms with Crippen LogP contribution >= 0.6 is 11.6 Å². The molecule has 186 valence electrons. The number of halogens is 1. The minimum atomic E-state index is -0.317. The number of rotatable bonds is 5. The fourth-order valence-electron chi connectivity index (χ4n) is 4.55. The molecular formula is C26H23ClN8O2. The average Bonchev–Trinajstić information content (AvgIpc) is 3.41. The van der Waals surface area contributed by atoms with Crippen LogP contribution in [-0.4, -0.2) is 42.9 Å². The number of nitrogens with zero attached hydrogens (tertiary/aromatic N) is 5. The van der Waals surface area contributed by atoms with Crippen molar-refractivity contribution in [3.05, 3.63) is 82.5 Å². The molecular weight excluding hydrogens is 492 g/mol. The maximum absolute atomic E-state index is 13.4. The minimum absolute atomic E-state index is 0.0348. The zero-order valence-electron chi connectivity index (χ0n) is 19.7. The number of amides is 1. The first-order chi connectivity index (χ1) is 18.1. The largest absolute Gasteiger partial charge is 0.326 e. The molecule has 1 amide bonds. The Morgan fingerprint density at radius 2 is 1.78 bits per heavy atom. The van der Waals surface area contributed by atoms with E-state index < -0.39 is 0 Å². The second-order valence-corrected chi connectivity index (χ2v) is 9.24. The highest BCUT2D eigenvalue weighted by molar-refractivity contribution is 6.32. The van der Waals surface area contributed by atoms with Crippen molar-refractivity contribution >= 4 is 51.6 Å². The number of carbonyl (C=O) groups excluding carboxylic acids is 1. The van der Waals surface area contributed by atoms with Crippen molar-refractivity contribution in [2.24, 2.45) is 5.92 Å². The highest BCUT2D eigenvalue weighted by Crippen LogP contribution is 2.23. The van der Waals surface area contributed by atoms with Crippen molar-refractivity contribution in [2.45, 2.75) is 12.8 Å². The lowest BCUT2D eigenvalue weighted by Gasteiger charge is -2.21. The van der Waals surface area contributed by atoms with Crippen molar-refractivity contribution in [1.29, 1.82) is 0 Å². The van der Waals surface area contributed by atoms with E-state index >= 15 is 0 Å². The minimum Gasteiger partial charge on any atom is -0.326 e. The molecule has 0 bridgehead atoms. The van der Waals surface area contributed by atoms with Gasteiger partial charge in [0.1, 0.15) is 5.39 Å². The highest BCUT2D eigenvalue weighted by Gasteiger charge is 2.21. The maximum Gasteiger partial charge on any atom is 0.270 e. The predicted molar refractivity (Wildman–Crippen MR) is 143 cm³/mol. The number of carbonyl (C=O) groups is 1. The van der Waals surface area contributed by atoms with Crippen molar-refractivity contribution < 1.29 is 4.79 Å². The summed E-state index contributed by atoms with van der Waals surface area (Å²) in [5.41, 5.74) is 2.10. The van der Waals surface area contributed by atoms with Gasteiger partial charge in [0.25, 0.3) is 5.56 Å². The molecule has 37 heavy (non-hydrogen) atoms. The Labute approximate surface area is 216 Å². The third-order valence-electron chi connectivity index (χ3n) is 6.46. The quantitative estimate of drug-likeness (QED) is 0.327. The number of imidazole rings is 1. The number of fused-ring (bicyclic) bond motifs is 3. The Bertz CT molecular complexity index is 1670. The van der Waals surface area contributed by atoms with Gasteiger partial charge in [0.2, 0.25) is 17.6 Å². The lowest BCUT2D eigenvalue weighted by atomic mass is 9.97. The van der Waals surface area contributed by atoms with E-state index in [9.17, 15) is 9.59 Å². The van der Waals surface area contributed by atoms with Crippen LogP contribution < -0.4 is 21.5 Å².